The molecule has 0 fully saturated rings. The lowest BCUT2D eigenvalue weighted by Crippen LogP contribution is -2.09. The zero-order chi connectivity index (χ0) is 24.8. The van der Waals surface area contributed by atoms with Gasteiger partial charge in [0.1, 0.15) is 17.3 Å². The quantitative estimate of drug-likeness (QED) is 0.264. The Bertz CT molecular complexity index is 1720. The van der Waals surface area contributed by atoms with E-state index in [0.717, 1.165) is 33.9 Å². The number of halogens is 1. The maximum Gasteiger partial charge on any atom is 0.178 e. The Morgan fingerprint density at radius 2 is 1.89 bits per heavy atom. The normalized spacial score (nSPS) is 11.6. The number of nitrogens with one attached hydrogen (secondary N) is 3. The molecule has 178 valence electrons. The summed E-state index contributed by atoms with van der Waals surface area (Å²) in [7, 11) is 0. The van der Waals surface area contributed by atoms with Crippen LogP contribution in [-0.2, 0) is 0 Å². The maximum atomic E-state index is 14.0. The molecule has 0 atom stereocenters. The Balaban J connectivity index is 1.45. The monoisotopic (exact) mass is 480 g/mol. The molecule has 1 aromatic carbocycles. The van der Waals surface area contributed by atoms with Crippen LogP contribution in [0.1, 0.15) is 13.8 Å². The molecule has 0 aliphatic carbocycles. The molecule has 0 spiro atoms. The van der Waals surface area contributed by atoms with Crippen molar-refractivity contribution in [1.29, 1.82) is 0 Å². The third kappa shape index (κ3) is 3.88. The van der Waals surface area contributed by atoms with Crippen LogP contribution in [-0.4, -0.2) is 46.3 Å². The Hall–Kier alpha value is -4.86. The molecule has 6 aromatic rings. The number of aromatic nitrogens is 7. The molecular formula is C26H21FN8O. The largest absolute Gasteiger partial charge is 0.508 e. The van der Waals surface area contributed by atoms with Crippen molar-refractivity contribution in [2.75, 3.05) is 5.32 Å². The number of pyridine rings is 3. The summed E-state index contributed by atoms with van der Waals surface area (Å²) in [6, 6.07) is 9.88. The first-order chi connectivity index (χ1) is 17.4. The van der Waals surface area contributed by atoms with Crippen molar-refractivity contribution in [3.8, 4) is 39.7 Å². The summed E-state index contributed by atoms with van der Waals surface area (Å²) >= 11 is 0. The molecule has 0 unspecified atom stereocenters. The van der Waals surface area contributed by atoms with Crippen molar-refractivity contribution in [2.24, 2.45) is 0 Å². The molecule has 4 N–H and O–H groups in total. The fraction of sp³-hybridized carbons (Fsp3) is 0.115. The lowest BCUT2D eigenvalue weighted by molar-refractivity contribution is 0.469. The summed E-state index contributed by atoms with van der Waals surface area (Å²) in [5, 5.41) is 21.5. The van der Waals surface area contributed by atoms with E-state index in [9.17, 15) is 9.50 Å². The molecule has 6 rings (SSSR count). The van der Waals surface area contributed by atoms with E-state index >= 15 is 0 Å². The molecule has 5 heterocycles. The van der Waals surface area contributed by atoms with E-state index in [2.05, 4.69) is 54.3 Å². The van der Waals surface area contributed by atoms with Crippen LogP contribution in [0.4, 0.5) is 10.1 Å². The average molecular weight is 481 g/mol. The minimum absolute atomic E-state index is 0.157. The second-order valence-corrected chi connectivity index (χ2v) is 8.79. The Morgan fingerprint density at radius 3 is 2.72 bits per heavy atom. The first kappa shape index (κ1) is 21.7. The molecule has 0 aliphatic heterocycles. The lowest BCUT2D eigenvalue weighted by atomic mass is 10.1. The number of phenolic OH excluding ortho intramolecular Hbond substituents is 1. The number of H-pyrrole nitrogens is 2. The number of anilines is 1. The van der Waals surface area contributed by atoms with Crippen molar-refractivity contribution < 1.29 is 9.50 Å². The van der Waals surface area contributed by atoms with Crippen LogP contribution < -0.4 is 5.32 Å². The number of nitrogens with zero attached hydrogens (tertiary/aromatic N) is 5. The van der Waals surface area contributed by atoms with E-state index in [1.807, 2.05) is 12.1 Å². The van der Waals surface area contributed by atoms with Gasteiger partial charge in [-0.1, -0.05) is 0 Å². The van der Waals surface area contributed by atoms with Gasteiger partial charge in [-0.3, -0.25) is 15.1 Å². The number of aromatic hydroxyl groups is 1. The standard InChI is InChI=1S/C26H21FN8O/c1-13(2)31-17-6-15(10-28-11-17)21-9-20-22(12-30-21)34-35-24(20)26-32-23-19(3-4-29-25(23)33-26)14-5-16(27)8-18(36)7-14/h3-13,31,36H,1-2H3,(H,34,35)(H,29,32,33). The zero-order valence-electron chi connectivity index (χ0n) is 19.4. The molecule has 0 aliphatic rings. The van der Waals surface area contributed by atoms with Gasteiger partial charge < -0.3 is 15.4 Å². The minimum atomic E-state index is -0.532. The van der Waals surface area contributed by atoms with Gasteiger partial charge in [0, 0.05) is 47.2 Å². The van der Waals surface area contributed by atoms with E-state index in [4.69, 9.17) is 0 Å². The van der Waals surface area contributed by atoms with Crippen LogP contribution in [0.5, 0.6) is 5.75 Å². The summed E-state index contributed by atoms with van der Waals surface area (Å²) in [4.78, 5) is 21.2. The van der Waals surface area contributed by atoms with Crippen LogP contribution in [0, 0.1) is 5.82 Å². The van der Waals surface area contributed by atoms with Gasteiger partial charge in [-0.05, 0) is 49.7 Å². The fourth-order valence-electron chi connectivity index (χ4n) is 4.24. The van der Waals surface area contributed by atoms with Gasteiger partial charge in [0.15, 0.2) is 11.5 Å². The van der Waals surface area contributed by atoms with Gasteiger partial charge in [-0.15, -0.1) is 0 Å². The second-order valence-electron chi connectivity index (χ2n) is 8.79. The van der Waals surface area contributed by atoms with Gasteiger partial charge in [-0.25, -0.2) is 14.4 Å². The van der Waals surface area contributed by atoms with Crippen LogP contribution in [0.15, 0.2) is 61.2 Å². The summed E-state index contributed by atoms with van der Waals surface area (Å²) in [6.45, 7) is 4.14. The second kappa shape index (κ2) is 8.42. The summed E-state index contributed by atoms with van der Waals surface area (Å²) in [6.07, 6.45) is 6.87. The van der Waals surface area contributed by atoms with Gasteiger partial charge in [0.25, 0.3) is 0 Å². The molecule has 0 saturated carbocycles. The highest BCUT2D eigenvalue weighted by Crippen LogP contribution is 2.33. The van der Waals surface area contributed by atoms with E-state index in [-0.39, 0.29) is 11.8 Å². The SMILES string of the molecule is CC(C)Nc1cncc(-c2cc3c(-c4nc5nccc(-c6cc(O)cc(F)c6)c5[nH]4)n[nH]c3cn2)c1. The van der Waals surface area contributed by atoms with E-state index < -0.39 is 5.82 Å². The summed E-state index contributed by atoms with van der Waals surface area (Å²) in [5.74, 6) is -0.187. The van der Waals surface area contributed by atoms with Crippen molar-refractivity contribution in [3.05, 3.63) is 67.0 Å². The van der Waals surface area contributed by atoms with Gasteiger partial charge in [0.05, 0.1) is 28.6 Å². The summed E-state index contributed by atoms with van der Waals surface area (Å²) < 4.78 is 14.0. The highest BCUT2D eigenvalue weighted by atomic mass is 19.1. The predicted molar refractivity (Wildman–Crippen MR) is 136 cm³/mol. The number of benzene rings is 1. The number of phenols is 1. The average Bonchev–Trinajstić information content (AvgIpc) is 3.46. The van der Waals surface area contributed by atoms with Gasteiger partial charge in [0.2, 0.25) is 0 Å². The number of aromatic amines is 2. The predicted octanol–water partition coefficient (Wildman–Crippen LogP) is 5.29. The molecule has 9 nitrogen and oxygen atoms in total. The van der Waals surface area contributed by atoms with Crippen molar-refractivity contribution in [2.45, 2.75) is 19.9 Å². The van der Waals surface area contributed by atoms with Crippen molar-refractivity contribution >= 4 is 27.8 Å². The van der Waals surface area contributed by atoms with Crippen LogP contribution >= 0.6 is 0 Å². The molecule has 5 aromatic heterocycles. The van der Waals surface area contributed by atoms with Crippen LogP contribution in [0.25, 0.3) is 56.0 Å². The number of hydrogen-bond donors (Lipinski definition) is 4. The Kier molecular flexibility index (Phi) is 5.06. The zero-order valence-corrected chi connectivity index (χ0v) is 19.4. The summed E-state index contributed by atoms with van der Waals surface area (Å²) in [5.41, 5.74) is 6.12. The van der Waals surface area contributed by atoms with E-state index in [1.165, 1.54) is 12.1 Å². The number of hydrogen-bond acceptors (Lipinski definition) is 7. The molecule has 0 bridgehead atoms. The first-order valence-electron chi connectivity index (χ1n) is 11.4. The molecule has 36 heavy (non-hydrogen) atoms. The third-order valence-electron chi connectivity index (χ3n) is 5.75. The third-order valence-corrected chi connectivity index (χ3v) is 5.75. The smallest absolute Gasteiger partial charge is 0.178 e. The molecule has 0 amide bonds. The lowest BCUT2D eigenvalue weighted by Gasteiger charge is -2.10. The molecular weight excluding hydrogens is 459 g/mol. The number of rotatable bonds is 5. The highest BCUT2D eigenvalue weighted by molar-refractivity contribution is 5.96. The topological polar surface area (TPSA) is 128 Å². The van der Waals surface area contributed by atoms with E-state index in [1.54, 1.807) is 30.9 Å². The number of fused-ring (bicyclic) bond motifs is 2. The highest BCUT2D eigenvalue weighted by Gasteiger charge is 2.17. The Labute approximate surface area is 204 Å². The van der Waals surface area contributed by atoms with Gasteiger partial charge in [-0.2, -0.15) is 5.10 Å². The maximum absolute atomic E-state index is 14.0. The Morgan fingerprint density at radius 1 is 1.00 bits per heavy atom. The minimum Gasteiger partial charge on any atom is -0.508 e. The van der Waals surface area contributed by atoms with Gasteiger partial charge >= 0.3 is 0 Å². The molecule has 10 heteroatoms. The first-order valence-corrected chi connectivity index (χ1v) is 11.4. The molecule has 0 radical (unpaired) electrons. The van der Waals surface area contributed by atoms with Crippen molar-refractivity contribution in [3.63, 3.8) is 0 Å². The van der Waals surface area contributed by atoms with Crippen molar-refractivity contribution in [1.82, 2.24) is 35.1 Å². The fourth-order valence-corrected chi connectivity index (χ4v) is 4.24. The van der Waals surface area contributed by atoms with Crippen LogP contribution in [0.2, 0.25) is 0 Å². The molecule has 0 saturated heterocycles. The van der Waals surface area contributed by atoms with E-state index in [0.29, 0.717) is 33.8 Å². The van der Waals surface area contributed by atoms with Crippen LogP contribution in [0.3, 0.4) is 0 Å². The number of imidazole rings is 1.